The van der Waals surface area contributed by atoms with Crippen LogP contribution in [-0.2, 0) is 9.88 Å². The minimum absolute atomic E-state index is 1.24. The molecule has 0 saturated carbocycles. The minimum atomic E-state index is -1.38. The van der Waals surface area contributed by atoms with E-state index in [4.69, 9.17) is 0 Å². The first-order valence-electron chi connectivity index (χ1n) is 1.45. The zero-order chi connectivity index (χ0) is 5.28. The maximum absolute atomic E-state index is 11.5. The molecule has 0 atom stereocenters. The molecular formula is C2HF2NO2. The Morgan fingerprint density at radius 3 is 2.29 bits per heavy atom. The van der Waals surface area contributed by atoms with Crippen molar-refractivity contribution in [3.05, 3.63) is 12.0 Å². The van der Waals surface area contributed by atoms with Gasteiger partial charge in [0.1, 0.15) is 0 Å². The molecule has 0 aromatic heterocycles. The molecule has 1 rings (SSSR count). The van der Waals surface area contributed by atoms with Crippen molar-refractivity contribution in [2.75, 3.05) is 0 Å². The summed E-state index contributed by atoms with van der Waals surface area (Å²) in [5, 5.41) is 0. The van der Waals surface area contributed by atoms with Crippen molar-refractivity contribution in [3.63, 3.8) is 0 Å². The fraction of sp³-hybridized carbons (Fsp3) is 0. The standard InChI is InChI=1S/C2HF2NO2/c3-1-2(4)6-7-5-1/h5H. The maximum atomic E-state index is 11.5. The summed E-state index contributed by atoms with van der Waals surface area (Å²) in [4.78, 5) is 7.09. The highest BCUT2D eigenvalue weighted by molar-refractivity contribution is 4.87. The number of nitrogens with one attached hydrogen (secondary N) is 1. The number of rotatable bonds is 0. The van der Waals surface area contributed by atoms with Crippen molar-refractivity contribution in [2.45, 2.75) is 0 Å². The van der Waals surface area contributed by atoms with E-state index in [1.165, 1.54) is 5.48 Å². The van der Waals surface area contributed by atoms with Gasteiger partial charge in [-0.1, -0.05) is 4.99 Å². The van der Waals surface area contributed by atoms with Crippen molar-refractivity contribution in [2.24, 2.45) is 0 Å². The molecule has 40 valence electrons. The maximum Gasteiger partial charge on any atom is 0.368 e. The summed E-state index contributed by atoms with van der Waals surface area (Å²) >= 11 is 0. The Bertz CT molecular complexity index is 100. The number of hydroxylamine groups is 1. The van der Waals surface area contributed by atoms with Crippen molar-refractivity contribution in [1.82, 2.24) is 5.48 Å². The lowest BCUT2D eigenvalue weighted by Crippen LogP contribution is -2.00. The molecule has 0 saturated heterocycles. The molecule has 1 aliphatic rings. The minimum Gasteiger partial charge on any atom is -0.278 e. The van der Waals surface area contributed by atoms with Gasteiger partial charge in [-0.3, -0.25) is 4.89 Å². The van der Waals surface area contributed by atoms with Crippen LogP contribution in [0.15, 0.2) is 12.0 Å². The zero-order valence-electron chi connectivity index (χ0n) is 3.07. The van der Waals surface area contributed by atoms with Crippen LogP contribution >= 0.6 is 0 Å². The van der Waals surface area contributed by atoms with Gasteiger partial charge < -0.3 is 0 Å². The summed E-state index contributed by atoms with van der Waals surface area (Å²) < 4.78 is 22.9. The number of hydrogen-bond acceptors (Lipinski definition) is 3. The summed E-state index contributed by atoms with van der Waals surface area (Å²) in [5.74, 6) is -1.24. The van der Waals surface area contributed by atoms with Gasteiger partial charge in [0.25, 0.3) is 5.95 Å². The van der Waals surface area contributed by atoms with Crippen molar-refractivity contribution < 1.29 is 18.7 Å². The molecule has 1 heterocycles. The molecule has 5 heteroatoms. The van der Waals surface area contributed by atoms with Crippen LogP contribution in [0.3, 0.4) is 0 Å². The van der Waals surface area contributed by atoms with Crippen molar-refractivity contribution in [1.29, 1.82) is 0 Å². The smallest absolute Gasteiger partial charge is 0.278 e. The summed E-state index contributed by atoms with van der Waals surface area (Å²) in [5.41, 5.74) is 1.48. The number of halogens is 2. The third-order valence-electron chi connectivity index (χ3n) is 0.419. The molecule has 0 radical (unpaired) electrons. The van der Waals surface area contributed by atoms with Crippen LogP contribution in [0.5, 0.6) is 0 Å². The predicted molar refractivity (Wildman–Crippen MR) is 14.5 cm³/mol. The second-order valence-corrected chi connectivity index (χ2v) is 0.856. The average Bonchev–Trinajstić information content (AvgIpc) is 1.91. The van der Waals surface area contributed by atoms with E-state index in [2.05, 4.69) is 9.88 Å². The average molecular weight is 109 g/mol. The molecule has 0 bridgehead atoms. The summed E-state index contributed by atoms with van der Waals surface area (Å²) in [6, 6.07) is -1.38. The van der Waals surface area contributed by atoms with Gasteiger partial charge in [-0.2, -0.15) is 14.3 Å². The van der Waals surface area contributed by atoms with Gasteiger partial charge in [0.2, 0.25) is 0 Å². The second kappa shape index (κ2) is 1.34. The van der Waals surface area contributed by atoms with E-state index < -0.39 is 12.0 Å². The van der Waals surface area contributed by atoms with Gasteiger partial charge in [0.15, 0.2) is 0 Å². The molecule has 1 aliphatic heterocycles. The first-order chi connectivity index (χ1) is 3.30. The quantitative estimate of drug-likeness (QED) is 0.363. The molecular weight excluding hydrogens is 108 g/mol. The van der Waals surface area contributed by atoms with E-state index in [0.29, 0.717) is 0 Å². The van der Waals surface area contributed by atoms with Crippen molar-refractivity contribution >= 4 is 0 Å². The van der Waals surface area contributed by atoms with Gasteiger partial charge >= 0.3 is 6.01 Å². The molecule has 3 nitrogen and oxygen atoms in total. The molecule has 0 aliphatic carbocycles. The Kier molecular flexibility index (Phi) is 0.828. The van der Waals surface area contributed by atoms with Crippen LogP contribution in [0.4, 0.5) is 8.78 Å². The topological polar surface area (TPSA) is 30.5 Å². The van der Waals surface area contributed by atoms with Gasteiger partial charge in [-0.05, 0) is 0 Å². The van der Waals surface area contributed by atoms with Gasteiger partial charge in [0.05, 0.1) is 0 Å². The first-order valence-corrected chi connectivity index (χ1v) is 1.45. The van der Waals surface area contributed by atoms with Gasteiger partial charge in [0, 0.05) is 0 Å². The fourth-order valence-corrected chi connectivity index (χ4v) is 0.171. The van der Waals surface area contributed by atoms with Crippen LogP contribution in [0.1, 0.15) is 0 Å². The summed E-state index contributed by atoms with van der Waals surface area (Å²) in [6.45, 7) is 0. The van der Waals surface area contributed by atoms with E-state index in [0.717, 1.165) is 0 Å². The largest absolute Gasteiger partial charge is 0.368 e. The van der Waals surface area contributed by atoms with Crippen LogP contribution in [0, 0.1) is 0 Å². The normalized spacial score (nSPS) is 19.1. The molecule has 0 unspecified atom stereocenters. The lowest BCUT2D eigenvalue weighted by atomic mass is 10.9. The second-order valence-electron chi connectivity index (χ2n) is 0.856. The lowest BCUT2D eigenvalue weighted by Gasteiger charge is -1.82. The van der Waals surface area contributed by atoms with Gasteiger partial charge in [-0.25, -0.2) is 0 Å². The molecule has 0 amide bonds. The predicted octanol–water partition coefficient (Wildman–Crippen LogP) is 0.518. The third-order valence-corrected chi connectivity index (χ3v) is 0.419. The monoisotopic (exact) mass is 109 g/mol. The van der Waals surface area contributed by atoms with E-state index in [1.807, 2.05) is 0 Å². The summed E-state index contributed by atoms with van der Waals surface area (Å²) in [7, 11) is 0. The van der Waals surface area contributed by atoms with Crippen LogP contribution < -0.4 is 5.48 Å². The van der Waals surface area contributed by atoms with Crippen LogP contribution in [0.2, 0.25) is 0 Å². The van der Waals surface area contributed by atoms with Crippen molar-refractivity contribution in [3.8, 4) is 0 Å². The fourth-order valence-electron chi connectivity index (χ4n) is 0.171. The number of hydrogen-bond donors (Lipinski definition) is 1. The van der Waals surface area contributed by atoms with Gasteiger partial charge in [-0.15, -0.1) is 0 Å². The Morgan fingerprint density at radius 2 is 2.14 bits per heavy atom. The molecule has 0 aromatic carbocycles. The first kappa shape index (κ1) is 4.32. The highest BCUT2D eigenvalue weighted by Crippen LogP contribution is 2.11. The zero-order valence-corrected chi connectivity index (χ0v) is 3.07. The van der Waals surface area contributed by atoms with E-state index in [-0.39, 0.29) is 0 Å². The lowest BCUT2D eigenvalue weighted by molar-refractivity contribution is -0.288. The van der Waals surface area contributed by atoms with E-state index in [9.17, 15) is 8.78 Å². The van der Waals surface area contributed by atoms with E-state index >= 15 is 0 Å². The Hall–Kier alpha value is -0.840. The third kappa shape index (κ3) is 0.614. The van der Waals surface area contributed by atoms with Crippen LogP contribution in [-0.4, -0.2) is 0 Å². The molecule has 0 fully saturated rings. The highest BCUT2D eigenvalue weighted by Gasteiger charge is 2.15. The highest BCUT2D eigenvalue weighted by atomic mass is 19.2. The van der Waals surface area contributed by atoms with Crippen LogP contribution in [0.25, 0.3) is 0 Å². The Labute approximate surface area is 37.4 Å². The molecule has 7 heavy (non-hydrogen) atoms. The molecule has 0 spiro atoms. The molecule has 1 N–H and O–H groups in total. The Morgan fingerprint density at radius 1 is 1.43 bits per heavy atom. The summed E-state index contributed by atoms with van der Waals surface area (Å²) in [6.07, 6.45) is 0. The SMILES string of the molecule is FC1=C(F)OON1. The van der Waals surface area contributed by atoms with E-state index in [1.54, 1.807) is 0 Å². The molecule has 0 aromatic rings. The Balaban J connectivity index is 2.64.